The summed E-state index contributed by atoms with van der Waals surface area (Å²) in [4.78, 5) is 27.7. The van der Waals surface area contributed by atoms with Crippen LogP contribution in [0.1, 0.15) is 62.5 Å². The summed E-state index contributed by atoms with van der Waals surface area (Å²) >= 11 is 0. The quantitative estimate of drug-likeness (QED) is 0.129. The van der Waals surface area contributed by atoms with Crippen LogP contribution in [0.2, 0.25) is 0 Å². The summed E-state index contributed by atoms with van der Waals surface area (Å²) < 4.78 is 5.71. The van der Waals surface area contributed by atoms with Gasteiger partial charge >= 0.3 is 6.09 Å². The van der Waals surface area contributed by atoms with Crippen molar-refractivity contribution < 1.29 is 9.53 Å². The predicted octanol–water partition coefficient (Wildman–Crippen LogP) is 8.82. The average molecular weight is 669 g/mol. The number of rotatable bonds is 10. The Hall–Kier alpha value is -4.79. The second kappa shape index (κ2) is 15.4. The summed E-state index contributed by atoms with van der Waals surface area (Å²) in [5, 5.41) is 9.60. The number of aliphatic imine (C=N–C) groups is 1. The smallest absolute Gasteiger partial charge is 0.410 e. The minimum absolute atomic E-state index is 0.0671. The third kappa shape index (κ3) is 7.52. The molecule has 3 heterocycles. The maximum Gasteiger partial charge on any atom is 0.410 e. The molecule has 5 aromatic rings. The second-order valence-corrected chi connectivity index (χ2v) is 14.1. The van der Waals surface area contributed by atoms with Gasteiger partial charge in [0.25, 0.3) is 0 Å². The molecule has 4 atom stereocenters. The van der Waals surface area contributed by atoms with E-state index in [1.807, 2.05) is 41.4 Å². The Morgan fingerprint density at radius 2 is 1.68 bits per heavy atom. The van der Waals surface area contributed by atoms with Crippen LogP contribution in [0.15, 0.2) is 96.1 Å². The molecular weight excluding hydrogens is 621 g/mol. The zero-order valence-electron chi connectivity index (χ0n) is 29.2. The molecule has 4 aromatic carbocycles. The van der Waals surface area contributed by atoms with Gasteiger partial charge in [-0.15, -0.1) is 0 Å². The molecule has 0 spiro atoms. The van der Waals surface area contributed by atoms with E-state index < -0.39 is 0 Å². The Bertz CT molecular complexity index is 1940. The van der Waals surface area contributed by atoms with E-state index in [4.69, 9.17) is 9.72 Å². The summed E-state index contributed by atoms with van der Waals surface area (Å²) in [6.45, 7) is 11.8. The molecule has 2 saturated heterocycles. The van der Waals surface area contributed by atoms with Gasteiger partial charge in [0.05, 0.1) is 29.7 Å². The lowest BCUT2D eigenvalue weighted by Crippen LogP contribution is -2.52. The van der Waals surface area contributed by atoms with Crippen molar-refractivity contribution in [3.8, 4) is 22.4 Å². The lowest BCUT2D eigenvalue weighted by molar-refractivity contribution is 0.0518. The number of fused-ring (bicyclic) bond motifs is 1. The van der Waals surface area contributed by atoms with E-state index in [0.29, 0.717) is 31.5 Å². The van der Waals surface area contributed by atoms with Gasteiger partial charge in [0.15, 0.2) is 0 Å². The minimum atomic E-state index is -0.242. The van der Waals surface area contributed by atoms with Crippen molar-refractivity contribution in [2.24, 2.45) is 16.8 Å². The van der Waals surface area contributed by atoms with Crippen molar-refractivity contribution >= 4 is 29.3 Å². The van der Waals surface area contributed by atoms with Crippen molar-refractivity contribution in [1.29, 1.82) is 0 Å². The molecule has 2 fully saturated rings. The molecule has 8 nitrogen and oxygen atoms in total. The van der Waals surface area contributed by atoms with Crippen molar-refractivity contribution in [1.82, 2.24) is 25.5 Å². The highest BCUT2D eigenvalue weighted by molar-refractivity contribution is 5.90. The van der Waals surface area contributed by atoms with Crippen molar-refractivity contribution in [2.45, 2.75) is 64.8 Å². The lowest BCUT2D eigenvalue weighted by atomic mass is 9.91. The highest BCUT2D eigenvalue weighted by Gasteiger charge is 2.32. The Balaban J connectivity index is 0.996. The van der Waals surface area contributed by atoms with Gasteiger partial charge < -0.3 is 25.3 Å². The number of H-pyrrole nitrogens is 1. The Morgan fingerprint density at radius 1 is 0.940 bits per heavy atom. The number of hydrogen-bond acceptors (Lipinski definition) is 6. The fourth-order valence-corrected chi connectivity index (χ4v) is 7.63. The third-order valence-electron chi connectivity index (χ3n) is 10.6. The number of aromatic nitrogens is 2. The molecule has 0 aliphatic carbocycles. The molecule has 8 heteroatoms. The Kier molecular flexibility index (Phi) is 10.4. The fourth-order valence-electron chi connectivity index (χ4n) is 7.63. The first kappa shape index (κ1) is 33.7. The number of carbonyl (C=O) groups excluding carboxylic acids is 1. The molecule has 0 bridgehead atoms. The summed E-state index contributed by atoms with van der Waals surface area (Å²) in [6.07, 6.45) is 6.25. The molecule has 1 aromatic heterocycles. The maximum atomic E-state index is 13.1. The van der Waals surface area contributed by atoms with E-state index in [1.54, 1.807) is 0 Å². The van der Waals surface area contributed by atoms with Gasteiger partial charge in [0.1, 0.15) is 12.4 Å². The minimum Gasteiger partial charge on any atom is -0.445 e. The van der Waals surface area contributed by atoms with Crippen LogP contribution in [0.4, 0.5) is 10.5 Å². The summed E-state index contributed by atoms with van der Waals surface area (Å²) in [6, 6.07) is 29.8. The Labute approximate surface area is 295 Å². The number of nitrogens with zero attached hydrogens (tertiary/aromatic N) is 3. The van der Waals surface area contributed by atoms with Gasteiger partial charge in [0.2, 0.25) is 0 Å². The molecule has 1 amide bonds. The van der Waals surface area contributed by atoms with E-state index in [2.05, 4.69) is 95.8 Å². The number of nitrogens with one attached hydrogen (secondary N) is 3. The van der Waals surface area contributed by atoms with E-state index in [0.717, 1.165) is 64.4 Å². The van der Waals surface area contributed by atoms with Crippen molar-refractivity contribution in [3.05, 3.63) is 108 Å². The number of benzene rings is 4. The molecule has 2 aliphatic heterocycles. The number of amides is 1. The van der Waals surface area contributed by atoms with Gasteiger partial charge in [0, 0.05) is 25.2 Å². The SMILES string of the molecule is C=Nc1cc(-c2ccc3cc(-c4cnc(C5NCCCC5C)[nH]4)ccc3c2)ccc1CNCC1C(C)CCCN1C(=O)OCc1ccccc1. The zero-order valence-corrected chi connectivity index (χ0v) is 29.2. The van der Waals surface area contributed by atoms with E-state index in [9.17, 15) is 4.79 Å². The van der Waals surface area contributed by atoms with Crippen LogP contribution in [0.3, 0.4) is 0 Å². The summed E-state index contributed by atoms with van der Waals surface area (Å²) in [5.74, 6) is 1.97. The zero-order chi connectivity index (χ0) is 34.5. The van der Waals surface area contributed by atoms with Crippen LogP contribution < -0.4 is 10.6 Å². The van der Waals surface area contributed by atoms with Crippen molar-refractivity contribution in [3.63, 3.8) is 0 Å². The first-order valence-electron chi connectivity index (χ1n) is 18.1. The first-order chi connectivity index (χ1) is 24.5. The standard InChI is InChI=1S/C42H48N6O2/c1-28-10-8-20-48(42(49)50-27-30-11-5-4-6-12-30)39(28)26-44-24-36-18-16-34(23-37(36)43-3)32-13-14-33-22-35(17-15-31(33)21-32)38-25-46-41(47-38)40-29(2)9-7-19-45-40/h4-6,11-18,21-23,25,28-29,39-40,44-45H,3,7-10,19-20,24,26-27H2,1-2H3,(H,46,47). The topological polar surface area (TPSA) is 94.6 Å². The number of piperidine rings is 2. The van der Waals surface area contributed by atoms with E-state index in [-0.39, 0.29) is 24.8 Å². The number of likely N-dealkylation sites (tertiary alicyclic amines) is 1. The molecule has 2 aliphatic rings. The van der Waals surface area contributed by atoms with Gasteiger partial charge in [-0.05, 0) is 102 Å². The first-order valence-corrected chi connectivity index (χ1v) is 18.1. The van der Waals surface area contributed by atoms with Crippen LogP contribution in [0.5, 0.6) is 0 Å². The summed E-state index contributed by atoms with van der Waals surface area (Å²) in [7, 11) is 0. The fraction of sp³-hybridized carbons (Fsp3) is 0.357. The molecule has 0 radical (unpaired) electrons. The van der Waals surface area contributed by atoms with Gasteiger partial charge in [-0.1, -0.05) is 80.6 Å². The largest absolute Gasteiger partial charge is 0.445 e. The van der Waals surface area contributed by atoms with Gasteiger partial charge in [-0.25, -0.2) is 9.78 Å². The highest BCUT2D eigenvalue weighted by Crippen LogP contribution is 2.33. The third-order valence-corrected chi connectivity index (χ3v) is 10.6. The van der Waals surface area contributed by atoms with Crippen LogP contribution >= 0.6 is 0 Å². The molecule has 7 rings (SSSR count). The molecule has 0 saturated carbocycles. The number of imidazole rings is 1. The highest BCUT2D eigenvalue weighted by atomic mass is 16.6. The van der Waals surface area contributed by atoms with Crippen LogP contribution in [0.25, 0.3) is 33.2 Å². The van der Waals surface area contributed by atoms with Gasteiger partial charge in [-0.3, -0.25) is 4.99 Å². The van der Waals surface area contributed by atoms with Crippen LogP contribution in [-0.4, -0.2) is 53.4 Å². The molecular formula is C42H48N6O2. The number of aromatic amines is 1. The monoisotopic (exact) mass is 668 g/mol. The maximum absolute atomic E-state index is 13.1. The summed E-state index contributed by atoms with van der Waals surface area (Å²) in [5.41, 5.74) is 7.35. The van der Waals surface area contributed by atoms with Crippen LogP contribution in [-0.2, 0) is 17.9 Å². The number of ether oxygens (including phenoxy) is 1. The normalized spacial score (nSPS) is 20.9. The predicted molar refractivity (Wildman–Crippen MR) is 203 cm³/mol. The lowest BCUT2D eigenvalue weighted by Gasteiger charge is -2.39. The van der Waals surface area contributed by atoms with E-state index in [1.165, 1.54) is 23.6 Å². The molecule has 258 valence electrons. The number of hydrogen-bond donors (Lipinski definition) is 3. The number of carbonyl (C=O) groups is 1. The van der Waals surface area contributed by atoms with Crippen LogP contribution in [0, 0.1) is 11.8 Å². The van der Waals surface area contributed by atoms with Gasteiger partial charge in [-0.2, -0.15) is 0 Å². The Morgan fingerprint density at radius 3 is 2.48 bits per heavy atom. The molecule has 50 heavy (non-hydrogen) atoms. The second-order valence-electron chi connectivity index (χ2n) is 14.1. The molecule has 3 N–H and O–H groups in total. The average Bonchev–Trinajstić information content (AvgIpc) is 3.65. The van der Waals surface area contributed by atoms with E-state index >= 15 is 0 Å². The molecule has 4 unspecified atom stereocenters. The van der Waals surface area contributed by atoms with Crippen molar-refractivity contribution in [2.75, 3.05) is 19.6 Å².